The molecule has 2 aromatic carbocycles. The topological polar surface area (TPSA) is 59.0 Å². The van der Waals surface area contributed by atoms with Crippen LogP contribution < -0.4 is 0 Å². The van der Waals surface area contributed by atoms with Gasteiger partial charge in [0.15, 0.2) is 0 Å². The molecular formula is C21H26N2O3. The smallest absolute Gasteiger partial charge is 0.306 e. The summed E-state index contributed by atoms with van der Waals surface area (Å²) in [6, 6.07) is 19.7. The Labute approximate surface area is 154 Å². The summed E-state index contributed by atoms with van der Waals surface area (Å²) in [4.78, 5) is 23.2. The molecule has 5 heteroatoms. The number of hydrogen-bond acceptors (Lipinski definition) is 4. The van der Waals surface area contributed by atoms with Crippen LogP contribution in [0.1, 0.15) is 31.4 Å². The lowest BCUT2D eigenvalue weighted by Gasteiger charge is -2.40. The van der Waals surface area contributed by atoms with Crippen LogP contribution in [0.4, 0.5) is 0 Å². The SMILES string of the molecule is CCC(=O)O[C@](Cc1ccccc1)(c1ccccc1)[C@H](C)CN(C)N=O. The molecule has 0 aromatic heterocycles. The summed E-state index contributed by atoms with van der Waals surface area (Å²) in [5.41, 5.74) is 1.10. The molecule has 0 unspecified atom stereocenters. The Morgan fingerprint density at radius 3 is 2.23 bits per heavy atom. The molecule has 0 heterocycles. The summed E-state index contributed by atoms with van der Waals surface area (Å²) in [6.45, 7) is 4.15. The third kappa shape index (κ3) is 4.69. The molecule has 0 saturated heterocycles. The molecule has 0 radical (unpaired) electrons. The van der Waals surface area contributed by atoms with E-state index in [1.165, 1.54) is 5.01 Å². The first kappa shape index (κ1) is 19.6. The van der Waals surface area contributed by atoms with Crippen molar-refractivity contribution >= 4 is 5.97 Å². The molecule has 0 aliphatic heterocycles. The highest BCUT2D eigenvalue weighted by Crippen LogP contribution is 2.38. The second-order valence-corrected chi connectivity index (χ2v) is 6.57. The molecule has 138 valence electrons. The Morgan fingerprint density at radius 2 is 1.69 bits per heavy atom. The van der Waals surface area contributed by atoms with E-state index in [0.29, 0.717) is 13.0 Å². The van der Waals surface area contributed by atoms with Crippen molar-refractivity contribution in [1.29, 1.82) is 0 Å². The zero-order valence-corrected chi connectivity index (χ0v) is 15.6. The second-order valence-electron chi connectivity index (χ2n) is 6.57. The maximum atomic E-state index is 12.3. The quantitative estimate of drug-likeness (QED) is 0.382. The van der Waals surface area contributed by atoms with Crippen molar-refractivity contribution in [3.05, 3.63) is 76.7 Å². The zero-order chi connectivity index (χ0) is 19.0. The average Bonchev–Trinajstić information content (AvgIpc) is 2.68. The van der Waals surface area contributed by atoms with Crippen LogP contribution in [0.3, 0.4) is 0 Å². The highest BCUT2D eigenvalue weighted by molar-refractivity contribution is 5.69. The number of nitrogens with zero attached hydrogens (tertiary/aromatic N) is 2. The van der Waals surface area contributed by atoms with Crippen LogP contribution in [0.15, 0.2) is 65.9 Å². The van der Waals surface area contributed by atoms with Gasteiger partial charge in [0.1, 0.15) is 5.60 Å². The van der Waals surface area contributed by atoms with Crippen molar-refractivity contribution in [3.63, 3.8) is 0 Å². The molecule has 2 rings (SSSR count). The Hall–Kier alpha value is -2.69. The lowest BCUT2D eigenvalue weighted by Crippen LogP contribution is -2.44. The number of carbonyl (C=O) groups excluding carboxylic acids is 1. The van der Waals surface area contributed by atoms with Gasteiger partial charge in [0.2, 0.25) is 0 Å². The van der Waals surface area contributed by atoms with E-state index in [1.807, 2.05) is 67.6 Å². The van der Waals surface area contributed by atoms with Gasteiger partial charge in [0.05, 0.1) is 5.29 Å². The first-order chi connectivity index (χ1) is 12.5. The molecule has 2 atom stereocenters. The minimum absolute atomic E-state index is 0.150. The van der Waals surface area contributed by atoms with Gasteiger partial charge in [-0.15, -0.1) is 4.91 Å². The van der Waals surface area contributed by atoms with Crippen molar-refractivity contribution < 1.29 is 9.53 Å². The van der Waals surface area contributed by atoms with Crippen molar-refractivity contribution in [1.82, 2.24) is 5.01 Å². The largest absolute Gasteiger partial charge is 0.453 e. The van der Waals surface area contributed by atoms with E-state index < -0.39 is 5.60 Å². The molecular weight excluding hydrogens is 328 g/mol. The molecule has 0 amide bonds. The van der Waals surface area contributed by atoms with Gasteiger partial charge in [0.25, 0.3) is 0 Å². The number of carbonyl (C=O) groups is 1. The van der Waals surface area contributed by atoms with Crippen LogP contribution in [0.25, 0.3) is 0 Å². The molecule has 0 fully saturated rings. The summed E-state index contributed by atoms with van der Waals surface area (Å²) in [5.74, 6) is -0.415. The van der Waals surface area contributed by atoms with Crippen LogP contribution in [-0.2, 0) is 21.6 Å². The number of ether oxygens (including phenoxy) is 1. The van der Waals surface area contributed by atoms with E-state index >= 15 is 0 Å². The Morgan fingerprint density at radius 1 is 1.12 bits per heavy atom. The second kappa shape index (κ2) is 9.13. The predicted molar refractivity (Wildman–Crippen MR) is 102 cm³/mol. The first-order valence-electron chi connectivity index (χ1n) is 8.87. The van der Waals surface area contributed by atoms with Crippen molar-refractivity contribution in [2.24, 2.45) is 11.2 Å². The minimum Gasteiger partial charge on any atom is -0.453 e. The molecule has 0 N–H and O–H groups in total. The molecule has 0 aliphatic rings. The van der Waals surface area contributed by atoms with Gasteiger partial charge in [-0.3, -0.25) is 9.80 Å². The maximum Gasteiger partial charge on any atom is 0.306 e. The summed E-state index contributed by atoms with van der Waals surface area (Å²) < 4.78 is 6.08. The average molecular weight is 354 g/mol. The predicted octanol–water partition coefficient (Wildman–Crippen LogP) is 4.33. The zero-order valence-electron chi connectivity index (χ0n) is 15.6. The van der Waals surface area contributed by atoms with Gasteiger partial charge in [-0.05, 0) is 11.1 Å². The van der Waals surface area contributed by atoms with E-state index in [2.05, 4.69) is 5.29 Å². The van der Waals surface area contributed by atoms with Crippen LogP contribution in [-0.4, -0.2) is 24.6 Å². The van der Waals surface area contributed by atoms with Gasteiger partial charge in [0, 0.05) is 32.4 Å². The molecule has 0 bridgehead atoms. The number of hydrogen-bond donors (Lipinski definition) is 0. The molecule has 0 saturated carbocycles. The Bertz CT molecular complexity index is 706. The number of nitroso groups, excluding NO2 is 1. The van der Waals surface area contributed by atoms with Crippen molar-refractivity contribution in [2.75, 3.05) is 13.6 Å². The molecule has 0 aliphatic carbocycles. The van der Waals surface area contributed by atoms with Crippen LogP contribution in [0.2, 0.25) is 0 Å². The third-order valence-corrected chi connectivity index (χ3v) is 4.63. The fourth-order valence-corrected chi connectivity index (χ4v) is 3.23. The third-order valence-electron chi connectivity index (χ3n) is 4.63. The molecule has 0 spiro atoms. The van der Waals surface area contributed by atoms with E-state index in [9.17, 15) is 9.70 Å². The van der Waals surface area contributed by atoms with E-state index in [-0.39, 0.29) is 18.3 Å². The summed E-state index contributed by atoms with van der Waals surface area (Å²) in [7, 11) is 1.63. The van der Waals surface area contributed by atoms with Gasteiger partial charge >= 0.3 is 5.97 Å². The summed E-state index contributed by atoms with van der Waals surface area (Å²) >= 11 is 0. The lowest BCUT2D eigenvalue weighted by molar-refractivity contribution is -0.168. The van der Waals surface area contributed by atoms with Crippen molar-refractivity contribution in [2.45, 2.75) is 32.3 Å². The number of esters is 1. The minimum atomic E-state index is -0.880. The molecule has 5 nitrogen and oxygen atoms in total. The van der Waals surface area contributed by atoms with Gasteiger partial charge < -0.3 is 4.74 Å². The normalized spacial score (nSPS) is 14.1. The van der Waals surface area contributed by atoms with Crippen molar-refractivity contribution in [3.8, 4) is 0 Å². The fraction of sp³-hybridized carbons (Fsp3) is 0.381. The fourth-order valence-electron chi connectivity index (χ4n) is 3.23. The molecule has 2 aromatic rings. The summed E-state index contributed by atoms with van der Waals surface area (Å²) in [6.07, 6.45) is 0.815. The lowest BCUT2D eigenvalue weighted by atomic mass is 9.77. The standard InChI is InChI=1S/C21H26N2O3/c1-4-20(24)26-21(17(2)16-23(3)22-25,19-13-9-6-10-14-19)15-18-11-7-5-8-12-18/h5-14,17H,4,15-16H2,1-3H3/t17-,21+/m1/s1. The maximum absolute atomic E-state index is 12.3. The highest BCUT2D eigenvalue weighted by atomic mass is 16.6. The molecule has 26 heavy (non-hydrogen) atoms. The van der Waals surface area contributed by atoms with Crippen LogP contribution in [0, 0.1) is 10.8 Å². The van der Waals surface area contributed by atoms with E-state index in [0.717, 1.165) is 11.1 Å². The van der Waals surface area contributed by atoms with Gasteiger partial charge in [-0.2, -0.15) is 0 Å². The van der Waals surface area contributed by atoms with E-state index in [4.69, 9.17) is 4.74 Å². The van der Waals surface area contributed by atoms with Gasteiger partial charge in [-0.25, -0.2) is 0 Å². The first-order valence-corrected chi connectivity index (χ1v) is 8.87. The monoisotopic (exact) mass is 354 g/mol. The number of rotatable bonds is 9. The Balaban J connectivity index is 2.53. The number of benzene rings is 2. The highest BCUT2D eigenvalue weighted by Gasteiger charge is 2.42. The van der Waals surface area contributed by atoms with Crippen LogP contribution >= 0.6 is 0 Å². The van der Waals surface area contributed by atoms with Gasteiger partial charge in [-0.1, -0.05) is 74.5 Å². The summed E-state index contributed by atoms with van der Waals surface area (Å²) in [5, 5.41) is 4.33. The van der Waals surface area contributed by atoms with E-state index in [1.54, 1.807) is 14.0 Å². The van der Waals surface area contributed by atoms with Crippen LogP contribution in [0.5, 0.6) is 0 Å². The Kier molecular flexibility index (Phi) is 6.89.